The van der Waals surface area contributed by atoms with E-state index in [0.29, 0.717) is 0 Å². The minimum atomic E-state index is -3.93. The summed E-state index contributed by atoms with van der Waals surface area (Å²) in [6.07, 6.45) is -1.02. The molecule has 3 aromatic rings. The van der Waals surface area contributed by atoms with Gasteiger partial charge in [0.25, 0.3) is 10.1 Å². The molecule has 0 aliphatic carbocycles. The Hall–Kier alpha value is -2.47. The van der Waals surface area contributed by atoms with Crippen molar-refractivity contribution < 1.29 is 17.7 Å². The number of aryl methyl sites for hydroxylation is 1. The molecule has 140 valence electrons. The summed E-state index contributed by atoms with van der Waals surface area (Å²) in [7, 11) is -3.93. The first-order chi connectivity index (χ1) is 13.0. The maximum absolute atomic E-state index is 12.4. The van der Waals surface area contributed by atoms with Gasteiger partial charge in [-0.15, -0.1) is 0 Å². The summed E-state index contributed by atoms with van der Waals surface area (Å²) in [6.45, 7) is 1.55. The quantitative estimate of drug-likeness (QED) is 0.630. The fourth-order valence-electron chi connectivity index (χ4n) is 2.99. The zero-order valence-corrected chi connectivity index (χ0v) is 15.8. The van der Waals surface area contributed by atoms with Crippen LogP contribution in [-0.2, 0) is 14.3 Å². The maximum Gasteiger partial charge on any atom is 0.297 e. The van der Waals surface area contributed by atoms with E-state index in [1.165, 1.54) is 12.1 Å². The number of rotatable bonds is 7. The van der Waals surface area contributed by atoms with E-state index in [4.69, 9.17) is 4.18 Å². The van der Waals surface area contributed by atoms with Crippen molar-refractivity contribution >= 4 is 10.1 Å². The molecule has 27 heavy (non-hydrogen) atoms. The molecule has 0 heterocycles. The number of benzene rings is 3. The Bertz CT molecular complexity index is 913. The van der Waals surface area contributed by atoms with Crippen LogP contribution in [0.5, 0.6) is 0 Å². The van der Waals surface area contributed by atoms with Gasteiger partial charge in [0.15, 0.2) is 0 Å². The highest BCUT2D eigenvalue weighted by Crippen LogP contribution is 2.29. The molecule has 5 heteroatoms. The fourth-order valence-corrected chi connectivity index (χ4v) is 3.91. The van der Waals surface area contributed by atoms with Crippen molar-refractivity contribution in [3.63, 3.8) is 0 Å². The first kappa shape index (κ1) is 19.3. The normalized spacial score (nSPS) is 12.9. The predicted molar refractivity (Wildman–Crippen MR) is 105 cm³/mol. The van der Waals surface area contributed by atoms with Crippen molar-refractivity contribution in [3.05, 3.63) is 102 Å². The second-order valence-electron chi connectivity index (χ2n) is 6.42. The molecule has 0 aliphatic rings. The molecule has 0 amide bonds. The Morgan fingerprint density at radius 3 is 1.78 bits per heavy atom. The minimum Gasteiger partial charge on any atom is -0.390 e. The summed E-state index contributed by atoms with van der Waals surface area (Å²) in [5.41, 5.74) is 2.75. The number of aliphatic hydroxyl groups is 1. The van der Waals surface area contributed by atoms with Gasteiger partial charge in [0.2, 0.25) is 0 Å². The molecule has 1 unspecified atom stereocenters. The Balaban J connectivity index is 1.81. The van der Waals surface area contributed by atoms with E-state index in [0.717, 1.165) is 16.7 Å². The highest BCUT2D eigenvalue weighted by Gasteiger charge is 2.26. The molecule has 0 aromatic heterocycles. The Kier molecular flexibility index (Phi) is 6.06. The molecular formula is C22H22O4S. The summed E-state index contributed by atoms with van der Waals surface area (Å²) in [5, 5.41) is 10.8. The van der Waals surface area contributed by atoms with Gasteiger partial charge in [0, 0.05) is 5.92 Å². The molecule has 0 aliphatic heterocycles. The molecule has 0 fully saturated rings. The summed E-state index contributed by atoms with van der Waals surface area (Å²) in [5.74, 6) is -0.388. The van der Waals surface area contributed by atoms with Crippen molar-refractivity contribution in [2.75, 3.05) is 6.61 Å². The molecule has 3 aromatic carbocycles. The minimum absolute atomic E-state index is 0.0799. The summed E-state index contributed by atoms with van der Waals surface area (Å²) in [4.78, 5) is 0.0799. The zero-order chi connectivity index (χ0) is 19.3. The second kappa shape index (κ2) is 8.48. The van der Waals surface area contributed by atoms with E-state index >= 15 is 0 Å². The van der Waals surface area contributed by atoms with Gasteiger partial charge < -0.3 is 5.11 Å². The smallest absolute Gasteiger partial charge is 0.297 e. The van der Waals surface area contributed by atoms with E-state index in [1.807, 2.05) is 67.6 Å². The van der Waals surface area contributed by atoms with E-state index in [2.05, 4.69) is 0 Å². The molecule has 0 radical (unpaired) electrons. The van der Waals surface area contributed by atoms with E-state index in [1.54, 1.807) is 12.1 Å². The van der Waals surface area contributed by atoms with Gasteiger partial charge >= 0.3 is 0 Å². The fraction of sp³-hybridized carbons (Fsp3) is 0.182. The van der Waals surface area contributed by atoms with Crippen LogP contribution in [0.25, 0.3) is 0 Å². The van der Waals surface area contributed by atoms with Crippen LogP contribution in [0, 0.1) is 6.92 Å². The Morgan fingerprint density at radius 2 is 1.30 bits per heavy atom. The molecule has 0 saturated carbocycles. The second-order valence-corrected chi connectivity index (χ2v) is 8.03. The number of hydrogen-bond donors (Lipinski definition) is 1. The summed E-state index contributed by atoms with van der Waals surface area (Å²) in [6, 6.07) is 25.4. The maximum atomic E-state index is 12.4. The van der Waals surface area contributed by atoms with Crippen LogP contribution in [0.2, 0.25) is 0 Å². The van der Waals surface area contributed by atoms with Crippen LogP contribution in [0.4, 0.5) is 0 Å². The lowest BCUT2D eigenvalue weighted by molar-refractivity contribution is 0.0966. The van der Waals surface area contributed by atoms with Gasteiger partial charge in [-0.05, 0) is 30.2 Å². The predicted octanol–water partition coefficient (Wildman–Crippen LogP) is 3.89. The van der Waals surface area contributed by atoms with Gasteiger partial charge in [-0.2, -0.15) is 8.42 Å². The lowest BCUT2D eigenvalue weighted by Gasteiger charge is -2.24. The SMILES string of the molecule is Cc1ccc(S(=O)(=O)OCC(O)C(c2ccccc2)c2ccccc2)cc1. The van der Waals surface area contributed by atoms with Gasteiger partial charge in [-0.3, -0.25) is 4.18 Å². The van der Waals surface area contributed by atoms with Crippen LogP contribution in [-0.4, -0.2) is 26.2 Å². The lowest BCUT2D eigenvalue weighted by Crippen LogP contribution is -2.26. The Morgan fingerprint density at radius 1 is 0.815 bits per heavy atom. The summed E-state index contributed by atoms with van der Waals surface area (Å²) >= 11 is 0. The van der Waals surface area contributed by atoms with Crippen molar-refractivity contribution in [2.45, 2.75) is 23.8 Å². The lowest BCUT2D eigenvalue weighted by atomic mass is 9.87. The average molecular weight is 382 g/mol. The molecule has 0 bridgehead atoms. The van der Waals surface area contributed by atoms with Gasteiger partial charge in [0.05, 0.1) is 17.6 Å². The van der Waals surface area contributed by atoms with Gasteiger partial charge in [-0.1, -0.05) is 78.4 Å². The molecule has 0 spiro atoms. The first-order valence-corrected chi connectivity index (χ1v) is 10.1. The number of aliphatic hydroxyl groups excluding tert-OH is 1. The van der Waals surface area contributed by atoms with Crippen molar-refractivity contribution in [3.8, 4) is 0 Å². The molecular weight excluding hydrogens is 360 g/mol. The van der Waals surface area contributed by atoms with Crippen LogP contribution in [0.3, 0.4) is 0 Å². The molecule has 1 N–H and O–H groups in total. The Labute approximate surface area is 160 Å². The third kappa shape index (κ3) is 4.83. The monoisotopic (exact) mass is 382 g/mol. The molecule has 1 atom stereocenters. The molecule has 3 rings (SSSR count). The van der Waals surface area contributed by atoms with Crippen molar-refractivity contribution in [1.29, 1.82) is 0 Å². The van der Waals surface area contributed by atoms with Gasteiger partial charge in [-0.25, -0.2) is 0 Å². The highest BCUT2D eigenvalue weighted by atomic mass is 32.2. The van der Waals surface area contributed by atoms with Crippen LogP contribution < -0.4 is 0 Å². The third-order valence-electron chi connectivity index (χ3n) is 4.41. The topological polar surface area (TPSA) is 63.6 Å². The average Bonchev–Trinajstić information content (AvgIpc) is 2.69. The third-order valence-corrected chi connectivity index (χ3v) is 5.70. The van der Waals surface area contributed by atoms with Crippen LogP contribution in [0.15, 0.2) is 89.8 Å². The van der Waals surface area contributed by atoms with Crippen LogP contribution >= 0.6 is 0 Å². The molecule has 4 nitrogen and oxygen atoms in total. The van der Waals surface area contributed by atoms with Gasteiger partial charge in [0.1, 0.15) is 0 Å². The zero-order valence-electron chi connectivity index (χ0n) is 15.0. The largest absolute Gasteiger partial charge is 0.390 e. The number of hydrogen-bond acceptors (Lipinski definition) is 4. The van der Waals surface area contributed by atoms with Crippen molar-refractivity contribution in [2.24, 2.45) is 0 Å². The van der Waals surface area contributed by atoms with Crippen LogP contribution in [0.1, 0.15) is 22.6 Å². The standard InChI is InChI=1S/C22H22O4S/c1-17-12-14-20(15-13-17)27(24,25)26-16-21(23)22(18-8-4-2-5-9-18)19-10-6-3-7-11-19/h2-15,21-23H,16H2,1H3. The highest BCUT2D eigenvalue weighted by molar-refractivity contribution is 7.86. The molecule has 0 saturated heterocycles. The summed E-state index contributed by atoms with van der Waals surface area (Å²) < 4.78 is 30.0. The van der Waals surface area contributed by atoms with E-state index in [9.17, 15) is 13.5 Å². The van der Waals surface area contributed by atoms with Crippen molar-refractivity contribution in [1.82, 2.24) is 0 Å². The van der Waals surface area contributed by atoms with E-state index < -0.39 is 16.2 Å². The first-order valence-electron chi connectivity index (χ1n) is 8.71. The van der Waals surface area contributed by atoms with E-state index in [-0.39, 0.29) is 17.4 Å².